The Morgan fingerprint density at radius 2 is 1.94 bits per heavy atom. The van der Waals surface area contributed by atoms with Gasteiger partial charge in [-0.15, -0.1) is 0 Å². The number of halogens is 1. The van der Waals surface area contributed by atoms with Crippen LogP contribution in [0.15, 0.2) is 48.2 Å². The van der Waals surface area contributed by atoms with E-state index >= 15 is 0 Å². The Hall–Kier alpha value is -1.61. The summed E-state index contributed by atoms with van der Waals surface area (Å²) in [5, 5.41) is 11.4. The minimum absolute atomic E-state index is 0.113. The van der Waals surface area contributed by atoms with Gasteiger partial charge in [0, 0.05) is 17.0 Å². The molecule has 2 unspecified atom stereocenters. The van der Waals surface area contributed by atoms with Gasteiger partial charge in [-0.3, -0.25) is 10.1 Å². The van der Waals surface area contributed by atoms with E-state index in [9.17, 15) is 10.1 Å². The van der Waals surface area contributed by atoms with Crippen LogP contribution in [0.5, 0.6) is 0 Å². The number of hydrogen-bond acceptors (Lipinski definition) is 2. The van der Waals surface area contributed by atoms with Crippen molar-refractivity contribution in [2.75, 3.05) is 0 Å². The second-order valence-electron chi connectivity index (χ2n) is 4.14. The van der Waals surface area contributed by atoms with E-state index in [1.54, 1.807) is 12.2 Å². The highest BCUT2D eigenvalue weighted by atomic mass is 35.5. The van der Waals surface area contributed by atoms with Crippen LogP contribution in [0.2, 0.25) is 5.02 Å². The number of benzene rings is 1. The van der Waals surface area contributed by atoms with Crippen molar-refractivity contribution in [1.29, 1.82) is 0 Å². The van der Waals surface area contributed by atoms with Crippen molar-refractivity contribution < 1.29 is 4.92 Å². The van der Waals surface area contributed by atoms with Gasteiger partial charge in [-0.2, -0.15) is 0 Å². The van der Waals surface area contributed by atoms with Crippen LogP contribution in [0, 0.1) is 16.0 Å². The van der Waals surface area contributed by atoms with Gasteiger partial charge in [0.25, 0.3) is 5.70 Å². The number of hydrogen-bond donors (Lipinski definition) is 0. The fourth-order valence-corrected chi connectivity index (χ4v) is 2.15. The molecule has 0 saturated carbocycles. The summed E-state index contributed by atoms with van der Waals surface area (Å²) in [6, 6.07) is 7.59. The van der Waals surface area contributed by atoms with Gasteiger partial charge in [0.2, 0.25) is 0 Å². The monoisotopic (exact) mass is 249 g/mol. The molecule has 0 bridgehead atoms. The molecular weight excluding hydrogens is 238 g/mol. The van der Waals surface area contributed by atoms with Gasteiger partial charge in [-0.05, 0) is 29.7 Å². The van der Waals surface area contributed by atoms with Gasteiger partial charge in [0.15, 0.2) is 0 Å². The van der Waals surface area contributed by atoms with Crippen molar-refractivity contribution in [2.24, 2.45) is 5.92 Å². The van der Waals surface area contributed by atoms with Crippen LogP contribution in [0.25, 0.3) is 0 Å². The number of nitrogens with zero attached hydrogens (tertiary/aromatic N) is 1. The fraction of sp³-hybridized carbons (Fsp3) is 0.231. The van der Waals surface area contributed by atoms with Crippen molar-refractivity contribution >= 4 is 11.6 Å². The molecule has 2 atom stereocenters. The third-order valence-corrected chi connectivity index (χ3v) is 3.19. The Morgan fingerprint density at radius 1 is 1.29 bits per heavy atom. The van der Waals surface area contributed by atoms with E-state index in [-0.39, 0.29) is 22.5 Å². The summed E-state index contributed by atoms with van der Waals surface area (Å²) in [5.74, 6) is 0.289. The van der Waals surface area contributed by atoms with Gasteiger partial charge < -0.3 is 0 Å². The molecule has 2 rings (SSSR count). The Morgan fingerprint density at radius 3 is 2.47 bits per heavy atom. The Labute approximate surface area is 105 Å². The van der Waals surface area contributed by atoms with Crippen LogP contribution in [0.1, 0.15) is 18.4 Å². The minimum Gasteiger partial charge on any atom is -0.258 e. The van der Waals surface area contributed by atoms with E-state index in [1.807, 2.05) is 37.3 Å². The van der Waals surface area contributed by atoms with Gasteiger partial charge in [-0.1, -0.05) is 36.7 Å². The second kappa shape index (κ2) is 4.72. The Balaban J connectivity index is 2.24. The molecular formula is C13H12ClNO2. The van der Waals surface area contributed by atoms with Crippen LogP contribution in [0.3, 0.4) is 0 Å². The third-order valence-electron chi connectivity index (χ3n) is 2.94. The van der Waals surface area contributed by atoms with Crippen LogP contribution >= 0.6 is 11.6 Å². The van der Waals surface area contributed by atoms with Crippen LogP contribution in [-0.4, -0.2) is 4.92 Å². The smallest absolute Gasteiger partial charge is 0.258 e. The van der Waals surface area contributed by atoms with Crippen molar-refractivity contribution in [1.82, 2.24) is 0 Å². The molecule has 0 fully saturated rings. The SMILES string of the molecule is CC1C=C([N+](=O)[O-])C=CC1c1ccc(Cl)cc1. The first-order valence-electron chi connectivity index (χ1n) is 5.38. The van der Waals surface area contributed by atoms with Crippen molar-refractivity contribution in [3.63, 3.8) is 0 Å². The van der Waals surface area contributed by atoms with E-state index in [0.29, 0.717) is 5.02 Å². The van der Waals surface area contributed by atoms with Gasteiger partial charge in [-0.25, -0.2) is 0 Å². The average Bonchev–Trinajstić information content (AvgIpc) is 2.30. The van der Waals surface area contributed by atoms with E-state index in [4.69, 9.17) is 11.6 Å². The van der Waals surface area contributed by atoms with Crippen LogP contribution in [-0.2, 0) is 0 Å². The third kappa shape index (κ3) is 2.56. The molecule has 88 valence electrons. The standard InChI is InChI=1S/C13H12ClNO2/c1-9-8-12(15(16)17)6-7-13(9)10-2-4-11(14)5-3-10/h2-9,13H,1H3. The summed E-state index contributed by atoms with van der Waals surface area (Å²) in [5.41, 5.74) is 1.29. The lowest BCUT2D eigenvalue weighted by Gasteiger charge is -2.20. The lowest BCUT2D eigenvalue weighted by atomic mass is 9.83. The van der Waals surface area contributed by atoms with Gasteiger partial charge in [0.1, 0.15) is 0 Å². The summed E-state index contributed by atoms with van der Waals surface area (Å²) >= 11 is 5.83. The van der Waals surface area contributed by atoms with E-state index < -0.39 is 0 Å². The first-order chi connectivity index (χ1) is 8.08. The molecule has 0 saturated heterocycles. The zero-order chi connectivity index (χ0) is 12.4. The lowest BCUT2D eigenvalue weighted by molar-refractivity contribution is -0.419. The second-order valence-corrected chi connectivity index (χ2v) is 4.58. The maximum Gasteiger partial charge on any atom is 0.265 e. The van der Waals surface area contributed by atoms with Crippen LogP contribution in [0.4, 0.5) is 0 Å². The zero-order valence-electron chi connectivity index (χ0n) is 9.34. The summed E-state index contributed by atoms with van der Waals surface area (Å²) in [6.07, 6.45) is 5.14. The molecule has 17 heavy (non-hydrogen) atoms. The quantitative estimate of drug-likeness (QED) is 0.591. The largest absolute Gasteiger partial charge is 0.265 e. The maximum atomic E-state index is 10.7. The average molecular weight is 250 g/mol. The maximum absolute atomic E-state index is 10.7. The molecule has 1 aromatic carbocycles. The first-order valence-corrected chi connectivity index (χ1v) is 5.75. The van der Waals surface area contributed by atoms with E-state index in [2.05, 4.69) is 0 Å². The summed E-state index contributed by atoms with van der Waals surface area (Å²) in [6.45, 7) is 1.98. The van der Waals surface area contributed by atoms with Crippen molar-refractivity contribution in [3.05, 3.63) is 68.9 Å². The minimum atomic E-state index is -0.356. The van der Waals surface area contributed by atoms with Gasteiger partial charge >= 0.3 is 0 Å². The number of nitro groups is 1. The predicted molar refractivity (Wildman–Crippen MR) is 67.6 cm³/mol. The molecule has 0 radical (unpaired) electrons. The molecule has 1 aliphatic rings. The molecule has 0 spiro atoms. The Bertz CT molecular complexity index is 491. The van der Waals surface area contributed by atoms with Gasteiger partial charge in [0.05, 0.1) is 4.92 Å². The first kappa shape index (κ1) is 11.9. The predicted octanol–water partition coefficient (Wildman–Crippen LogP) is 3.79. The Kier molecular flexibility index (Phi) is 3.29. The van der Waals surface area contributed by atoms with E-state index in [1.165, 1.54) is 0 Å². The summed E-state index contributed by atoms with van der Waals surface area (Å²) in [7, 11) is 0. The molecule has 0 aliphatic heterocycles. The fourth-order valence-electron chi connectivity index (χ4n) is 2.03. The van der Waals surface area contributed by atoms with Crippen LogP contribution < -0.4 is 0 Å². The van der Waals surface area contributed by atoms with Crippen molar-refractivity contribution in [3.8, 4) is 0 Å². The summed E-state index contributed by atoms with van der Waals surface area (Å²) < 4.78 is 0. The highest BCUT2D eigenvalue weighted by molar-refractivity contribution is 6.30. The van der Waals surface area contributed by atoms with Crippen molar-refractivity contribution in [2.45, 2.75) is 12.8 Å². The number of rotatable bonds is 2. The number of allylic oxidation sites excluding steroid dienone is 3. The molecule has 0 heterocycles. The topological polar surface area (TPSA) is 43.1 Å². The molecule has 0 N–H and O–H groups in total. The molecule has 4 heteroatoms. The molecule has 1 aromatic rings. The lowest BCUT2D eigenvalue weighted by Crippen LogP contribution is -2.12. The van der Waals surface area contributed by atoms with E-state index in [0.717, 1.165) is 5.56 Å². The normalized spacial score (nSPS) is 23.3. The zero-order valence-corrected chi connectivity index (χ0v) is 10.1. The molecule has 0 amide bonds. The highest BCUT2D eigenvalue weighted by Crippen LogP contribution is 2.32. The highest BCUT2D eigenvalue weighted by Gasteiger charge is 2.22. The molecule has 0 aromatic heterocycles. The molecule has 3 nitrogen and oxygen atoms in total. The molecule has 1 aliphatic carbocycles. The summed E-state index contributed by atoms with van der Waals surface area (Å²) in [4.78, 5) is 10.3.